The predicted molar refractivity (Wildman–Crippen MR) is 56.4 cm³/mol. The van der Waals surface area contributed by atoms with Crippen molar-refractivity contribution in [1.82, 2.24) is 9.97 Å². The standard InChI is InChI=1S/C11H9F2N3/c1-7-2-3-9(8(12)4-7)16-11-5-10(13)14-6-15-11/h2-6H,1H3,(H,14,15,16). The second kappa shape index (κ2) is 4.22. The molecule has 0 atom stereocenters. The van der Waals surface area contributed by atoms with Crippen LogP contribution in [-0.4, -0.2) is 9.97 Å². The normalized spacial score (nSPS) is 10.2. The largest absolute Gasteiger partial charge is 0.338 e. The SMILES string of the molecule is Cc1ccc(Nc2cc(F)ncn2)c(F)c1. The van der Waals surface area contributed by atoms with Crippen LogP contribution < -0.4 is 5.32 Å². The molecule has 2 aromatic rings. The summed E-state index contributed by atoms with van der Waals surface area (Å²) in [6, 6.07) is 5.81. The van der Waals surface area contributed by atoms with Crippen molar-refractivity contribution in [2.24, 2.45) is 0 Å². The van der Waals surface area contributed by atoms with E-state index in [-0.39, 0.29) is 11.5 Å². The number of benzene rings is 1. The maximum atomic E-state index is 13.4. The minimum Gasteiger partial charge on any atom is -0.338 e. The highest BCUT2D eigenvalue weighted by atomic mass is 19.1. The van der Waals surface area contributed by atoms with Crippen molar-refractivity contribution >= 4 is 11.5 Å². The first-order valence-electron chi connectivity index (χ1n) is 4.66. The van der Waals surface area contributed by atoms with Gasteiger partial charge in [-0.25, -0.2) is 14.4 Å². The lowest BCUT2D eigenvalue weighted by Gasteiger charge is -2.06. The van der Waals surface area contributed by atoms with Crippen LogP contribution in [0.4, 0.5) is 20.3 Å². The van der Waals surface area contributed by atoms with Gasteiger partial charge in [-0.15, -0.1) is 0 Å². The van der Waals surface area contributed by atoms with Crippen LogP contribution in [-0.2, 0) is 0 Å². The van der Waals surface area contributed by atoms with E-state index in [1.54, 1.807) is 19.1 Å². The summed E-state index contributed by atoms with van der Waals surface area (Å²) < 4.78 is 26.2. The van der Waals surface area contributed by atoms with Crippen LogP contribution in [0.25, 0.3) is 0 Å². The topological polar surface area (TPSA) is 37.8 Å². The van der Waals surface area contributed by atoms with Crippen LogP contribution in [0.1, 0.15) is 5.56 Å². The van der Waals surface area contributed by atoms with E-state index in [1.165, 1.54) is 6.07 Å². The first kappa shape index (κ1) is 10.5. The lowest BCUT2D eigenvalue weighted by atomic mass is 10.2. The quantitative estimate of drug-likeness (QED) is 0.792. The van der Waals surface area contributed by atoms with Crippen LogP contribution in [0.15, 0.2) is 30.6 Å². The van der Waals surface area contributed by atoms with E-state index in [1.807, 2.05) is 0 Å². The number of nitrogens with zero attached hydrogens (tertiary/aromatic N) is 2. The van der Waals surface area contributed by atoms with Crippen LogP contribution in [0.5, 0.6) is 0 Å². The molecule has 1 aromatic carbocycles. The van der Waals surface area contributed by atoms with Crippen LogP contribution >= 0.6 is 0 Å². The lowest BCUT2D eigenvalue weighted by Crippen LogP contribution is -1.98. The summed E-state index contributed by atoms with van der Waals surface area (Å²) in [6.07, 6.45) is 1.07. The van der Waals surface area contributed by atoms with Crippen molar-refractivity contribution in [2.75, 3.05) is 5.32 Å². The first-order valence-corrected chi connectivity index (χ1v) is 4.66. The van der Waals surface area contributed by atoms with E-state index in [9.17, 15) is 8.78 Å². The maximum absolute atomic E-state index is 13.4. The van der Waals surface area contributed by atoms with Crippen molar-refractivity contribution in [3.8, 4) is 0 Å². The Morgan fingerprint density at radius 1 is 1.12 bits per heavy atom. The minimum absolute atomic E-state index is 0.218. The number of aryl methyl sites for hydroxylation is 1. The molecule has 0 aliphatic heterocycles. The molecule has 5 heteroatoms. The average Bonchev–Trinajstić information content (AvgIpc) is 2.22. The zero-order valence-corrected chi connectivity index (χ0v) is 8.54. The molecule has 2 rings (SSSR count). The van der Waals surface area contributed by atoms with E-state index in [0.29, 0.717) is 0 Å². The van der Waals surface area contributed by atoms with Gasteiger partial charge in [-0.1, -0.05) is 6.07 Å². The van der Waals surface area contributed by atoms with E-state index in [0.717, 1.165) is 18.0 Å². The van der Waals surface area contributed by atoms with Gasteiger partial charge < -0.3 is 5.32 Å². The van der Waals surface area contributed by atoms with Gasteiger partial charge in [0.05, 0.1) is 5.69 Å². The van der Waals surface area contributed by atoms with E-state index < -0.39 is 11.8 Å². The van der Waals surface area contributed by atoms with Gasteiger partial charge in [0.25, 0.3) is 0 Å². The number of hydrogen-bond donors (Lipinski definition) is 1. The molecule has 0 radical (unpaired) electrons. The molecule has 0 amide bonds. The van der Waals surface area contributed by atoms with Crippen molar-refractivity contribution in [3.05, 3.63) is 47.9 Å². The summed E-state index contributed by atoms with van der Waals surface area (Å²) in [5.41, 5.74) is 1.07. The molecule has 82 valence electrons. The zero-order valence-electron chi connectivity index (χ0n) is 8.54. The van der Waals surface area contributed by atoms with Crippen molar-refractivity contribution in [3.63, 3.8) is 0 Å². The molecule has 3 nitrogen and oxygen atoms in total. The zero-order chi connectivity index (χ0) is 11.5. The van der Waals surface area contributed by atoms with Gasteiger partial charge in [0.1, 0.15) is 18.0 Å². The number of anilines is 2. The molecule has 1 aromatic heterocycles. The number of rotatable bonds is 2. The number of aromatic nitrogens is 2. The third kappa shape index (κ3) is 2.31. The summed E-state index contributed by atoms with van der Waals surface area (Å²) in [5.74, 6) is -0.848. The van der Waals surface area contributed by atoms with Gasteiger partial charge in [0.2, 0.25) is 5.95 Å². The number of halogens is 2. The summed E-state index contributed by atoms with van der Waals surface area (Å²) >= 11 is 0. The summed E-state index contributed by atoms with van der Waals surface area (Å²) in [7, 11) is 0. The second-order valence-corrected chi connectivity index (χ2v) is 3.33. The van der Waals surface area contributed by atoms with Gasteiger partial charge in [-0.3, -0.25) is 0 Å². The summed E-state index contributed by atoms with van der Waals surface area (Å²) in [6.45, 7) is 1.79. The molecular weight excluding hydrogens is 212 g/mol. The highest BCUT2D eigenvalue weighted by Gasteiger charge is 2.04. The Kier molecular flexibility index (Phi) is 2.76. The Labute approximate surface area is 91.2 Å². The minimum atomic E-state index is -0.662. The van der Waals surface area contributed by atoms with E-state index in [4.69, 9.17) is 0 Å². The van der Waals surface area contributed by atoms with Crippen molar-refractivity contribution in [1.29, 1.82) is 0 Å². The van der Waals surface area contributed by atoms with Gasteiger partial charge in [0, 0.05) is 6.07 Å². The fourth-order valence-electron chi connectivity index (χ4n) is 1.26. The summed E-state index contributed by atoms with van der Waals surface area (Å²) in [4.78, 5) is 7.08. The molecule has 1 N–H and O–H groups in total. The molecule has 1 heterocycles. The molecule has 0 saturated carbocycles. The van der Waals surface area contributed by atoms with Gasteiger partial charge in [-0.2, -0.15) is 4.39 Å². The molecule has 16 heavy (non-hydrogen) atoms. The number of hydrogen-bond acceptors (Lipinski definition) is 3. The maximum Gasteiger partial charge on any atom is 0.218 e. The number of nitrogens with one attached hydrogen (secondary N) is 1. The smallest absolute Gasteiger partial charge is 0.218 e. The van der Waals surface area contributed by atoms with Crippen LogP contribution in [0.2, 0.25) is 0 Å². The Morgan fingerprint density at radius 3 is 2.62 bits per heavy atom. The van der Waals surface area contributed by atoms with E-state index >= 15 is 0 Å². The molecule has 0 spiro atoms. The molecule has 0 unspecified atom stereocenters. The molecular formula is C11H9F2N3. The Bertz CT molecular complexity index is 514. The van der Waals surface area contributed by atoms with Crippen LogP contribution in [0.3, 0.4) is 0 Å². The first-order chi connectivity index (χ1) is 7.65. The predicted octanol–water partition coefficient (Wildman–Crippen LogP) is 2.81. The van der Waals surface area contributed by atoms with Gasteiger partial charge >= 0.3 is 0 Å². The fraction of sp³-hybridized carbons (Fsp3) is 0.0909. The molecule has 0 saturated heterocycles. The van der Waals surface area contributed by atoms with Crippen molar-refractivity contribution in [2.45, 2.75) is 6.92 Å². The third-order valence-corrected chi connectivity index (χ3v) is 2.02. The molecule has 0 aliphatic rings. The van der Waals surface area contributed by atoms with Gasteiger partial charge in [0.15, 0.2) is 0 Å². The lowest BCUT2D eigenvalue weighted by molar-refractivity contribution is 0.580. The monoisotopic (exact) mass is 221 g/mol. The molecule has 0 bridgehead atoms. The van der Waals surface area contributed by atoms with Gasteiger partial charge in [-0.05, 0) is 24.6 Å². The third-order valence-electron chi connectivity index (χ3n) is 2.02. The van der Waals surface area contributed by atoms with Crippen molar-refractivity contribution < 1.29 is 8.78 Å². The molecule has 0 fully saturated rings. The Morgan fingerprint density at radius 2 is 1.94 bits per heavy atom. The molecule has 0 aliphatic carbocycles. The average molecular weight is 221 g/mol. The van der Waals surface area contributed by atoms with E-state index in [2.05, 4.69) is 15.3 Å². The Hall–Kier alpha value is -2.04. The Balaban J connectivity index is 2.27. The fourth-order valence-corrected chi connectivity index (χ4v) is 1.26. The highest BCUT2D eigenvalue weighted by Crippen LogP contribution is 2.19. The second-order valence-electron chi connectivity index (χ2n) is 3.33. The summed E-state index contributed by atoms with van der Waals surface area (Å²) in [5, 5.41) is 2.67. The van der Waals surface area contributed by atoms with Crippen LogP contribution in [0, 0.1) is 18.7 Å². The highest BCUT2D eigenvalue weighted by molar-refractivity contribution is 5.56.